The van der Waals surface area contributed by atoms with Gasteiger partial charge in [0.2, 0.25) is 21.8 Å². The van der Waals surface area contributed by atoms with Gasteiger partial charge in [-0.15, -0.1) is 0 Å². The van der Waals surface area contributed by atoms with Gasteiger partial charge in [-0.1, -0.05) is 11.6 Å². The molecule has 1 atom stereocenters. The lowest BCUT2D eigenvalue weighted by molar-refractivity contribution is -0.136. The number of piperidine rings is 2. The molecule has 2 saturated heterocycles. The molecule has 3 amide bonds. The maximum absolute atomic E-state index is 14.6. The van der Waals surface area contributed by atoms with E-state index in [1.165, 1.54) is 39.5 Å². The highest BCUT2D eigenvalue weighted by atomic mass is 35.5. The number of carbonyl (C=O) groups excluding carboxylic acids is 3. The lowest BCUT2D eigenvalue weighted by Gasteiger charge is -2.32. The van der Waals surface area contributed by atoms with Crippen molar-refractivity contribution in [2.24, 2.45) is 0 Å². The second-order valence-corrected chi connectivity index (χ2v) is 11.7. The molecule has 9 nitrogen and oxygen atoms in total. The number of carbonyl (C=O) groups is 3. The quantitative estimate of drug-likeness (QED) is 0.589. The summed E-state index contributed by atoms with van der Waals surface area (Å²) in [6, 6.07) is 7.68. The van der Waals surface area contributed by atoms with Crippen LogP contribution in [0.5, 0.6) is 0 Å². The Morgan fingerprint density at radius 3 is 2.46 bits per heavy atom. The maximum atomic E-state index is 14.6. The summed E-state index contributed by atoms with van der Waals surface area (Å²) >= 11 is 6.15. The van der Waals surface area contributed by atoms with Gasteiger partial charge in [-0.3, -0.25) is 19.7 Å². The summed E-state index contributed by atoms with van der Waals surface area (Å²) in [7, 11) is -3.90. The van der Waals surface area contributed by atoms with Crippen LogP contribution >= 0.6 is 11.6 Å². The number of sulfonamides is 1. The van der Waals surface area contributed by atoms with Crippen LogP contribution < -0.4 is 5.32 Å². The topological polar surface area (TPSA) is 128 Å². The molecule has 3 aliphatic rings. The van der Waals surface area contributed by atoms with Crippen molar-refractivity contribution in [1.82, 2.24) is 14.5 Å². The predicted octanol–water partition coefficient (Wildman–Crippen LogP) is 2.68. The third-order valence-corrected chi connectivity index (χ3v) is 9.61. The molecule has 192 valence electrons. The zero-order valence-electron chi connectivity index (χ0n) is 19.5. The van der Waals surface area contributed by atoms with Crippen molar-refractivity contribution in [3.63, 3.8) is 0 Å². The number of hydrogen-bond acceptors (Lipinski definition) is 6. The summed E-state index contributed by atoms with van der Waals surface area (Å²) in [4.78, 5) is 38.3. The van der Waals surface area contributed by atoms with Gasteiger partial charge in [-0.05, 0) is 66.6 Å². The van der Waals surface area contributed by atoms with Gasteiger partial charge in [-0.2, -0.15) is 9.57 Å². The van der Waals surface area contributed by atoms with Gasteiger partial charge in [0.05, 0.1) is 16.7 Å². The number of imide groups is 1. The summed E-state index contributed by atoms with van der Waals surface area (Å²) in [5.74, 6) is -2.16. The van der Waals surface area contributed by atoms with E-state index < -0.39 is 33.7 Å². The molecule has 5 rings (SSSR count). The fourth-order valence-electron chi connectivity index (χ4n) is 5.34. The standard InChI is InChI=1S/C25H22ClFN4O5S/c26-20-9-14(12-28)1-3-22(20)37(35,36)30-7-5-15(6-8-30)17-10-16(27)11-18-19(17)13-31(25(18)34)21-2-4-23(32)29-24(21)33/h1,3,9-11,15,21H,2,4-8,13H2,(H,29,32,33). The average molecular weight is 545 g/mol. The Morgan fingerprint density at radius 2 is 1.81 bits per heavy atom. The molecule has 0 saturated carbocycles. The smallest absolute Gasteiger partial charge is 0.255 e. The largest absolute Gasteiger partial charge is 0.322 e. The maximum Gasteiger partial charge on any atom is 0.255 e. The molecule has 37 heavy (non-hydrogen) atoms. The van der Waals surface area contributed by atoms with Crippen LogP contribution in [0.1, 0.15) is 58.6 Å². The first-order valence-electron chi connectivity index (χ1n) is 11.8. The van der Waals surface area contributed by atoms with Crippen molar-refractivity contribution >= 4 is 39.3 Å². The van der Waals surface area contributed by atoms with E-state index in [2.05, 4.69) is 5.32 Å². The van der Waals surface area contributed by atoms with Gasteiger partial charge in [0.1, 0.15) is 16.8 Å². The molecule has 0 radical (unpaired) electrons. The van der Waals surface area contributed by atoms with Crippen molar-refractivity contribution in [3.8, 4) is 6.07 Å². The van der Waals surface area contributed by atoms with Crippen LogP contribution in [-0.2, 0) is 26.2 Å². The van der Waals surface area contributed by atoms with Crippen LogP contribution in [0.3, 0.4) is 0 Å². The normalized spacial score (nSPS) is 21.1. The predicted molar refractivity (Wildman–Crippen MR) is 129 cm³/mol. The Labute approximate surface area is 217 Å². The third-order valence-electron chi connectivity index (χ3n) is 7.23. The summed E-state index contributed by atoms with van der Waals surface area (Å²) < 4.78 is 42.3. The van der Waals surface area contributed by atoms with Gasteiger partial charge in [0.15, 0.2) is 0 Å². The molecule has 3 heterocycles. The monoisotopic (exact) mass is 544 g/mol. The van der Waals surface area contributed by atoms with Crippen LogP contribution in [0, 0.1) is 17.1 Å². The minimum absolute atomic E-state index is 0.0313. The third kappa shape index (κ3) is 4.50. The van der Waals surface area contributed by atoms with E-state index in [-0.39, 0.29) is 65.3 Å². The zero-order valence-corrected chi connectivity index (χ0v) is 21.1. The van der Waals surface area contributed by atoms with E-state index in [1.807, 2.05) is 6.07 Å². The van der Waals surface area contributed by atoms with Crippen molar-refractivity contribution in [3.05, 3.63) is 63.4 Å². The van der Waals surface area contributed by atoms with E-state index in [0.29, 0.717) is 24.0 Å². The summed E-state index contributed by atoms with van der Waals surface area (Å²) in [6.45, 7) is 0.453. The SMILES string of the molecule is N#Cc1ccc(S(=O)(=O)N2CCC(c3cc(F)cc4c3CN(C3CCC(=O)NC3=O)C4=O)CC2)c(Cl)c1. The molecule has 0 spiro atoms. The molecule has 0 aliphatic carbocycles. The Hall–Kier alpha value is -3.33. The van der Waals surface area contributed by atoms with Gasteiger partial charge in [0, 0.05) is 31.6 Å². The molecule has 0 bridgehead atoms. The molecular weight excluding hydrogens is 523 g/mol. The first-order valence-corrected chi connectivity index (χ1v) is 13.6. The van der Waals surface area contributed by atoms with Gasteiger partial charge < -0.3 is 4.90 Å². The van der Waals surface area contributed by atoms with Crippen LogP contribution in [0.25, 0.3) is 0 Å². The summed E-state index contributed by atoms with van der Waals surface area (Å²) in [6.07, 6.45) is 1.12. The van der Waals surface area contributed by atoms with Crippen molar-refractivity contribution in [2.75, 3.05) is 13.1 Å². The number of benzene rings is 2. The number of hydrogen-bond donors (Lipinski definition) is 1. The first-order chi connectivity index (χ1) is 17.6. The Kier molecular flexibility index (Phi) is 6.52. The number of nitriles is 1. The van der Waals surface area contributed by atoms with Crippen molar-refractivity contribution in [2.45, 2.75) is 49.1 Å². The molecule has 1 unspecified atom stereocenters. The second-order valence-electron chi connectivity index (χ2n) is 9.36. The lowest BCUT2D eigenvalue weighted by Crippen LogP contribution is -2.52. The Morgan fingerprint density at radius 1 is 1.08 bits per heavy atom. The van der Waals surface area contributed by atoms with Gasteiger partial charge >= 0.3 is 0 Å². The fraction of sp³-hybridized carbons (Fsp3) is 0.360. The Bertz CT molecular complexity index is 1480. The molecule has 3 aliphatic heterocycles. The van der Waals surface area contributed by atoms with Crippen molar-refractivity contribution in [1.29, 1.82) is 5.26 Å². The second kappa shape index (κ2) is 9.52. The molecule has 1 N–H and O–H groups in total. The fourth-order valence-corrected chi connectivity index (χ4v) is 7.33. The first kappa shape index (κ1) is 25.3. The van der Waals surface area contributed by atoms with E-state index in [9.17, 15) is 27.2 Å². The van der Waals surface area contributed by atoms with Crippen LogP contribution in [0.2, 0.25) is 5.02 Å². The lowest BCUT2D eigenvalue weighted by atomic mass is 9.86. The highest BCUT2D eigenvalue weighted by Crippen LogP contribution is 2.39. The molecular formula is C25H22ClFN4O5S. The summed E-state index contributed by atoms with van der Waals surface area (Å²) in [5, 5.41) is 11.2. The number of amides is 3. The average Bonchev–Trinajstić information content (AvgIpc) is 3.19. The van der Waals surface area contributed by atoms with Crippen LogP contribution in [0.15, 0.2) is 35.2 Å². The van der Waals surface area contributed by atoms with E-state index in [1.54, 1.807) is 0 Å². The molecule has 2 aromatic rings. The van der Waals surface area contributed by atoms with Crippen LogP contribution in [0.4, 0.5) is 4.39 Å². The van der Waals surface area contributed by atoms with Crippen molar-refractivity contribution < 1.29 is 27.2 Å². The molecule has 12 heteroatoms. The van der Waals surface area contributed by atoms with Crippen LogP contribution in [-0.4, -0.2) is 54.5 Å². The highest BCUT2D eigenvalue weighted by molar-refractivity contribution is 7.89. The number of nitrogens with one attached hydrogen (secondary N) is 1. The van der Waals surface area contributed by atoms with E-state index in [4.69, 9.17) is 16.9 Å². The summed E-state index contributed by atoms with van der Waals surface area (Å²) in [5.41, 5.74) is 1.71. The number of nitrogens with zero attached hydrogens (tertiary/aromatic N) is 3. The zero-order chi connectivity index (χ0) is 26.5. The van der Waals surface area contributed by atoms with Gasteiger partial charge in [-0.25, -0.2) is 12.8 Å². The molecule has 2 fully saturated rings. The minimum Gasteiger partial charge on any atom is -0.322 e. The Balaban J connectivity index is 1.36. The number of fused-ring (bicyclic) bond motifs is 1. The molecule has 0 aromatic heterocycles. The molecule has 2 aromatic carbocycles. The van der Waals surface area contributed by atoms with Gasteiger partial charge in [0.25, 0.3) is 5.91 Å². The number of halogens is 2. The van der Waals surface area contributed by atoms with E-state index >= 15 is 0 Å². The number of rotatable bonds is 4. The van der Waals surface area contributed by atoms with E-state index in [0.717, 1.165) is 0 Å². The minimum atomic E-state index is -3.90. The highest BCUT2D eigenvalue weighted by Gasteiger charge is 2.41.